The molecule has 1 amide bonds. The number of likely N-dealkylation sites (N-methyl/N-ethyl adjacent to an activating group) is 1. The van der Waals surface area contributed by atoms with Gasteiger partial charge in [0.05, 0.1) is 12.6 Å². The summed E-state index contributed by atoms with van der Waals surface area (Å²) in [6.45, 7) is 5.18. The molecule has 1 atom stereocenters. The van der Waals surface area contributed by atoms with Crippen molar-refractivity contribution in [3.8, 4) is 0 Å². The number of amides is 1. The molecule has 0 fully saturated rings. The molecule has 0 saturated carbocycles. The van der Waals surface area contributed by atoms with Gasteiger partial charge in [-0.05, 0) is 43.7 Å². The zero-order valence-corrected chi connectivity index (χ0v) is 12.5. The van der Waals surface area contributed by atoms with Crippen molar-refractivity contribution in [2.24, 2.45) is 0 Å². The maximum Gasteiger partial charge on any atom is 0.239 e. The summed E-state index contributed by atoms with van der Waals surface area (Å²) >= 11 is 0. The van der Waals surface area contributed by atoms with Crippen LogP contribution in [0.3, 0.4) is 0 Å². The first-order valence-electron chi connectivity index (χ1n) is 7.20. The van der Waals surface area contributed by atoms with Gasteiger partial charge in [0, 0.05) is 24.6 Å². The predicted octanol–water partition coefficient (Wildman–Crippen LogP) is 2.79. The molecule has 0 spiro atoms. The van der Waals surface area contributed by atoms with E-state index >= 15 is 0 Å². The van der Waals surface area contributed by atoms with Gasteiger partial charge >= 0.3 is 0 Å². The van der Waals surface area contributed by atoms with E-state index in [1.165, 1.54) is 0 Å². The van der Waals surface area contributed by atoms with Gasteiger partial charge in [-0.2, -0.15) is 0 Å². The van der Waals surface area contributed by atoms with Crippen LogP contribution in [0.2, 0.25) is 0 Å². The van der Waals surface area contributed by atoms with E-state index < -0.39 is 0 Å². The Balaban J connectivity index is 1.94. The van der Waals surface area contributed by atoms with Crippen LogP contribution in [-0.4, -0.2) is 24.0 Å². The number of pyridine rings is 1. The number of carbonyl (C=O) groups excluding carboxylic acids is 1. The van der Waals surface area contributed by atoms with Crippen molar-refractivity contribution in [2.75, 3.05) is 18.0 Å². The highest BCUT2D eigenvalue weighted by atomic mass is 16.2. The van der Waals surface area contributed by atoms with E-state index in [0.29, 0.717) is 6.54 Å². The Hall–Kier alpha value is -2.36. The Morgan fingerprint density at radius 1 is 1.19 bits per heavy atom. The van der Waals surface area contributed by atoms with Gasteiger partial charge in [-0.3, -0.25) is 9.78 Å². The second kappa shape index (κ2) is 7.43. The number of nitrogens with one attached hydrogen (secondary N) is 1. The van der Waals surface area contributed by atoms with Crippen LogP contribution in [0.4, 0.5) is 5.69 Å². The quantitative estimate of drug-likeness (QED) is 0.886. The zero-order valence-electron chi connectivity index (χ0n) is 12.5. The molecular formula is C17H21N3O. The molecule has 1 heterocycles. The van der Waals surface area contributed by atoms with Gasteiger partial charge in [-0.15, -0.1) is 0 Å². The highest BCUT2D eigenvalue weighted by Crippen LogP contribution is 2.13. The fourth-order valence-electron chi connectivity index (χ4n) is 2.22. The third-order valence-corrected chi connectivity index (χ3v) is 3.42. The lowest BCUT2D eigenvalue weighted by molar-refractivity contribution is -0.120. The summed E-state index contributed by atoms with van der Waals surface area (Å²) in [5, 5.41) is 3.02. The van der Waals surface area contributed by atoms with Gasteiger partial charge in [-0.25, -0.2) is 0 Å². The third kappa shape index (κ3) is 4.31. The Morgan fingerprint density at radius 2 is 1.86 bits per heavy atom. The van der Waals surface area contributed by atoms with Crippen molar-refractivity contribution >= 4 is 11.6 Å². The number of aromatic nitrogens is 1. The lowest BCUT2D eigenvalue weighted by Gasteiger charge is -2.23. The summed E-state index contributed by atoms with van der Waals surface area (Å²) < 4.78 is 0. The summed E-state index contributed by atoms with van der Waals surface area (Å²) in [7, 11) is 0. The molecule has 0 aliphatic rings. The van der Waals surface area contributed by atoms with Crippen molar-refractivity contribution in [2.45, 2.75) is 19.9 Å². The van der Waals surface area contributed by atoms with Crippen LogP contribution in [-0.2, 0) is 4.79 Å². The van der Waals surface area contributed by atoms with Crippen LogP contribution in [0.5, 0.6) is 0 Å². The average Bonchev–Trinajstić information content (AvgIpc) is 2.54. The monoisotopic (exact) mass is 283 g/mol. The highest BCUT2D eigenvalue weighted by Gasteiger charge is 2.13. The minimum absolute atomic E-state index is 0.0185. The highest BCUT2D eigenvalue weighted by molar-refractivity contribution is 5.81. The van der Waals surface area contributed by atoms with Crippen LogP contribution in [0.1, 0.15) is 25.5 Å². The van der Waals surface area contributed by atoms with Gasteiger partial charge in [0.15, 0.2) is 0 Å². The summed E-state index contributed by atoms with van der Waals surface area (Å²) in [6, 6.07) is 13.8. The molecule has 1 aromatic heterocycles. The first-order chi connectivity index (χ1) is 10.2. The smallest absolute Gasteiger partial charge is 0.239 e. The van der Waals surface area contributed by atoms with Crippen molar-refractivity contribution in [1.29, 1.82) is 0 Å². The fourth-order valence-corrected chi connectivity index (χ4v) is 2.22. The number of anilines is 1. The molecule has 2 aromatic rings. The first kappa shape index (κ1) is 15.0. The second-order valence-electron chi connectivity index (χ2n) is 4.92. The Kier molecular flexibility index (Phi) is 5.32. The molecule has 0 radical (unpaired) electrons. The molecule has 0 aliphatic carbocycles. The maximum atomic E-state index is 12.2. The number of nitrogens with zero attached hydrogens (tertiary/aromatic N) is 2. The summed E-state index contributed by atoms with van der Waals surface area (Å²) in [5.41, 5.74) is 2.12. The topological polar surface area (TPSA) is 45.2 Å². The molecule has 0 saturated heterocycles. The molecule has 110 valence electrons. The number of benzene rings is 1. The maximum absolute atomic E-state index is 12.2. The van der Waals surface area contributed by atoms with E-state index in [9.17, 15) is 4.79 Å². The van der Waals surface area contributed by atoms with Gasteiger partial charge in [0.1, 0.15) is 0 Å². The number of hydrogen-bond acceptors (Lipinski definition) is 3. The zero-order chi connectivity index (χ0) is 15.1. The summed E-state index contributed by atoms with van der Waals surface area (Å²) in [6.07, 6.45) is 3.47. The molecule has 4 heteroatoms. The van der Waals surface area contributed by atoms with Gasteiger partial charge < -0.3 is 10.2 Å². The van der Waals surface area contributed by atoms with Crippen molar-refractivity contribution in [3.05, 3.63) is 60.4 Å². The van der Waals surface area contributed by atoms with Gasteiger partial charge in [0.2, 0.25) is 5.91 Å². The number of para-hydroxylation sites is 1. The number of hydrogen-bond donors (Lipinski definition) is 1. The van der Waals surface area contributed by atoms with Crippen molar-refractivity contribution in [1.82, 2.24) is 10.3 Å². The van der Waals surface area contributed by atoms with E-state index in [1.54, 1.807) is 12.4 Å². The molecule has 0 unspecified atom stereocenters. The summed E-state index contributed by atoms with van der Waals surface area (Å²) in [5.74, 6) is 0.0185. The minimum atomic E-state index is -0.0185. The normalized spacial score (nSPS) is 11.7. The molecule has 0 bridgehead atoms. The fraction of sp³-hybridized carbons (Fsp3) is 0.294. The molecule has 0 aliphatic heterocycles. The second-order valence-corrected chi connectivity index (χ2v) is 4.92. The lowest BCUT2D eigenvalue weighted by atomic mass is 10.1. The predicted molar refractivity (Wildman–Crippen MR) is 85.1 cm³/mol. The van der Waals surface area contributed by atoms with Crippen LogP contribution >= 0.6 is 0 Å². The molecular weight excluding hydrogens is 262 g/mol. The minimum Gasteiger partial charge on any atom is -0.363 e. The molecule has 4 nitrogen and oxygen atoms in total. The number of rotatable bonds is 6. The molecule has 21 heavy (non-hydrogen) atoms. The van der Waals surface area contributed by atoms with Gasteiger partial charge in [-0.1, -0.05) is 18.2 Å². The van der Waals surface area contributed by atoms with E-state index in [-0.39, 0.29) is 11.9 Å². The largest absolute Gasteiger partial charge is 0.363 e. The van der Waals surface area contributed by atoms with E-state index in [0.717, 1.165) is 17.8 Å². The first-order valence-corrected chi connectivity index (χ1v) is 7.20. The van der Waals surface area contributed by atoms with E-state index in [1.807, 2.05) is 56.3 Å². The van der Waals surface area contributed by atoms with Crippen molar-refractivity contribution in [3.63, 3.8) is 0 Å². The van der Waals surface area contributed by atoms with Gasteiger partial charge in [0.25, 0.3) is 0 Å². The van der Waals surface area contributed by atoms with E-state index in [2.05, 4.69) is 15.2 Å². The molecule has 2 rings (SSSR count). The Morgan fingerprint density at radius 3 is 2.48 bits per heavy atom. The molecule has 1 N–H and O–H groups in total. The third-order valence-electron chi connectivity index (χ3n) is 3.42. The SMILES string of the molecule is CCN(CC(=O)N[C@H](C)c1ccncc1)c1ccccc1. The van der Waals surface area contributed by atoms with E-state index in [4.69, 9.17) is 0 Å². The summed E-state index contributed by atoms with van der Waals surface area (Å²) in [4.78, 5) is 18.2. The van der Waals surface area contributed by atoms with Crippen LogP contribution in [0, 0.1) is 0 Å². The van der Waals surface area contributed by atoms with Crippen LogP contribution in [0.25, 0.3) is 0 Å². The molecule has 1 aromatic carbocycles. The Bertz CT molecular complexity index is 557. The Labute approximate surface area is 125 Å². The van der Waals surface area contributed by atoms with Crippen LogP contribution < -0.4 is 10.2 Å². The lowest BCUT2D eigenvalue weighted by Crippen LogP contribution is -2.38. The van der Waals surface area contributed by atoms with Crippen LogP contribution in [0.15, 0.2) is 54.9 Å². The average molecular weight is 283 g/mol. The number of carbonyl (C=O) groups is 1. The standard InChI is InChI=1S/C17H21N3O/c1-3-20(16-7-5-4-6-8-16)13-17(21)19-14(2)15-9-11-18-12-10-15/h4-12,14H,3,13H2,1-2H3,(H,19,21)/t14-/m1/s1. The van der Waals surface area contributed by atoms with Crippen molar-refractivity contribution < 1.29 is 4.79 Å².